The zero-order valence-corrected chi connectivity index (χ0v) is 12.1. The minimum Gasteiger partial charge on any atom is -0.294 e. The first-order valence-corrected chi connectivity index (χ1v) is 6.30. The molecule has 0 bridgehead atoms. The summed E-state index contributed by atoms with van der Waals surface area (Å²) in [7, 11) is 0. The second kappa shape index (κ2) is 4.81. The Morgan fingerprint density at radius 2 is 1.76 bits per heavy atom. The molecule has 1 rings (SSSR count). The lowest BCUT2D eigenvalue weighted by molar-refractivity contribution is 0.0770. The van der Waals surface area contributed by atoms with Crippen LogP contribution in [0.1, 0.15) is 51.4 Å². The van der Waals surface area contributed by atoms with E-state index >= 15 is 0 Å². The molecule has 0 aliphatic carbocycles. The van der Waals surface area contributed by atoms with Crippen molar-refractivity contribution in [2.24, 2.45) is 10.8 Å². The molecule has 0 spiro atoms. The zero-order valence-electron chi connectivity index (χ0n) is 11.3. The number of Topliss-reactive ketones (excluding diaryl/α,β-unsaturated/α-hetero) is 1. The Hall–Kier alpha value is -0.820. The first-order valence-electron chi connectivity index (χ1n) is 5.92. The highest BCUT2D eigenvalue weighted by atomic mass is 35.5. The third-order valence-corrected chi connectivity index (χ3v) is 2.91. The summed E-state index contributed by atoms with van der Waals surface area (Å²) in [4.78, 5) is 12.4. The summed E-state index contributed by atoms with van der Waals surface area (Å²) in [6.07, 6.45) is 0.853. The Bertz CT molecular complexity index is 413. The Kier molecular flexibility index (Phi) is 4.03. The predicted octanol–water partition coefficient (Wildman–Crippen LogP) is 4.99. The van der Waals surface area contributed by atoms with Crippen LogP contribution in [0.4, 0.5) is 0 Å². The van der Waals surface area contributed by atoms with Gasteiger partial charge in [0.15, 0.2) is 5.78 Å². The van der Waals surface area contributed by atoms with E-state index in [-0.39, 0.29) is 16.6 Å². The van der Waals surface area contributed by atoms with Crippen LogP contribution in [0.3, 0.4) is 0 Å². The van der Waals surface area contributed by atoms with E-state index in [1.54, 1.807) is 12.1 Å². The van der Waals surface area contributed by atoms with Crippen molar-refractivity contribution in [1.29, 1.82) is 0 Å². The van der Waals surface area contributed by atoms with E-state index < -0.39 is 0 Å². The number of hydrogen-bond acceptors (Lipinski definition) is 1. The van der Waals surface area contributed by atoms with E-state index in [1.807, 2.05) is 26.0 Å². The van der Waals surface area contributed by atoms with Gasteiger partial charge in [0.1, 0.15) is 0 Å². The monoisotopic (exact) mass is 252 g/mol. The fraction of sp³-hybridized carbons (Fsp3) is 0.533. The minimum atomic E-state index is -0.358. The molecule has 17 heavy (non-hydrogen) atoms. The van der Waals surface area contributed by atoms with E-state index in [2.05, 4.69) is 20.8 Å². The van der Waals surface area contributed by atoms with Gasteiger partial charge in [0.25, 0.3) is 0 Å². The van der Waals surface area contributed by atoms with Gasteiger partial charge in [-0.3, -0.25) is 4.79 Å². The summed E-state index contributed by atoms with van der Waals surface area (Å²) in [5.74, 6) is 0.162. The molecular weight excluding hydrogens is 232 g/mol. The molecule has 0 aromatic heterocycles. The minimum absolute atomic E-state index is 0.137. The molecule has 0 unspecified atom stereocenters. The predicted molar refractivity (Wildman–Crippen MR) is 73.6 cm³/mol. The van der Waals surface area contributed by atoms with Crippen LogP contribution in [0, 0.1) is 10.8 Å². The lowest BCUT2D eigenvalue weighted by Crippen LogP contribution is -2.29. The van der Waals surface area contributed by atoms with Crippen molar-refractivity contribution >= 4 is 17.4 Å². The highest BCUT2D eigenvalue weighted by molar-refractivity contribution is 6.31. The Morgan fingerprint density at radius 3 is 2.24 bits per heavy atom. The number of carbonyl (C=O) groups is 1. The summed E-state index contributed by atoms with van der Waals surface area (Å²) < 4.78 is 0. The topological polar surface area (TPSA) is 17.1 Å². The number of halogens is 1. The second-order valence-corrected chi connectivity index (χ2v) is 6.90. The summed E-state index contributed by atoms with van der Waals surface area (Å²) >= 11 is 5.92. The van der Waals surface area contributed by atoms with Crippen molar-refractivity contribution in [1.82, 2.24) is 0 Å². The van der Waals surface area contributed by atoms with E-state index in [0.717, 1.165) is 6.42 Å². The molecule has 0 aliphatic rings. The average Bonchev–Trinajstić information content (AvgIpc) is 2.12. The van der Waals surface area contributed by atoms with Gasteiger partial charge in [0.2, 0.25) is 0 Å². The molecule has 0 N–H and O–H groups in total. The van der Waals surface area contributed by atoms with E-state index in [0.29, 0.717) is 10.6 Å². The molecule has 0 radical (unpaired) electrons. The van der Waals surface area contributed by atoms with Gasteiger partial charge >= 0.3 is 0 Å². The van der Waals surface area contributed by atoms with Crippen LogP contribution < -0.4 is 0 Å². The van der Waals surface area contributed by atoms with E-state index in [4.69, 9.17) is 11.6 Å². The number of carbonyl (C=O) groups excluding carboxylic acids is 1. The largest absolute Gasteiger partial charge is 0.294 e. The summed E-state index contributed by atoms with van der Waals surface area (Å²) in [6, 6.07) is 7.19. The first kappa shape index (κ1) is 14.2. The SMILES string of the molecule is CC(C)(C)CC(C)(C)C(=O)c1cccc(Cl)c1. The van der Waals surface area contributed by atoms with Gasteiger partial charge in [-0.1, -0.05) is 58.4 Å². The van der Waals surface area contributed by atoms with Gasteiger partial charge in [-0.25, -0.2) is 0 Å². The van der Waals surface area contributed by atoms with Gasteiger partial charge in [0.05, 0.1) is 0 Å². The van der Waals surface area contributed by atoms with Crippen LogP contribution in [0.5, 0.6) is 0 Å². The summed E-state index contributed by atoms with van der Waals surface area (Å²) in [6.45, 7) is 10.5. The lowest BCUT2D eigenvalue weighted by Gasteiger charge is -2.31. The molecule has 1 nitrogen and oxygen atoms in total. The Balaban J connectivity index is 2.96. The van der Waals surface area contributed by atoms with Crippen LogP contribution >= 0.6 is 11.6 Å². The molecule has 0 atom stereocenters. The maximum Gasteiger partial charge on any atom is 0.168 e. The molecule has 0 amide bonds. The summed E-state index contributed by atoms with van der Waals surface area (Å²) in [5.41, 5.74) is 0.479. The molecule has 0 saturated heterocycles. The van der Waals surface area contributed by atoms with Gasteiger partial charge in [-0.2, -0.15) is 0 Å². The molecule has 1 aromatic rings. The van der Waals surface area contributed by atoms with Gasteiger partial charge in [0, 0.05) is 16.0 Å². The maximum atomic E-state index is 12.4. The molecule has 1 aromatic carbocycles. The molecule has 2 heteroatoms. The standard InChI is InChI=1S/C15H21ClO/c1-14(2,3)10-15(4,5)13(17)11-7-6-8-12(16)9-11/h6-9H,10H2,1-5H3. The fourth-order valence-corrected chi connectivity index (χ4v) is 2.62. The first-order chi connectivity index (χ1) is 7.62. The number of rotatable bonds is 3. The molecule has 0 heterocycles. The molecule has 0 aliphatic heterocycles. The smallest absolute Gasteiger partial charge is 0.168 e. The fourth-order valence-electron chi connectivity index (χ4n) is 2.43. The lowest BCUT2D eigenvalue weighted by atomic mass is 9.72. The van der Waals surface area contributed by atoms with E-state index in [9.17, 15) is 4.79 Å². The van der Waals surface area contributed by atoms with Crippen LogP contribution in [0.25, 0.3) is 0 Å². The number of ketones is 1. The highest BCUT2D eigenvalue weighted by Crippen LogP contribution is 2.36. The molecule has 94 valence electrons. The van der Waals surface area contributed by atoms with Gasteiger partial charge < -0.3 is 0 Å². The maximum absolute atomic E-state index is 12.4. The zero-order chi connectivity index (χ0) is 13.3. The van der Waals surface area contributed by atoms with Crippen molar-refractivity contribution in [3.8, 4) is 0 Å². The highest BCUT2D eigenvalue weighted by Gasteiger charge is 2.33. The van der Waals surface area contributed by atoms with Gasteiger partial charge in [-0.15, -0.1) is 0 Å². The van der Waals surface area contributed by atoms with Gasteiger partial charge in [-0.05, 0) is 24.0 Å². The third kappa shape index (κ3) is 4.16. The Morgan fingerprint density at radius 1 is 1.18 bits per heavy atom. The molecule has 0 saturated carbocycles. The van der Waals surface area contributed by atoms with Crippen molar-refractivity contribution in [3.05, 3.63) is 34.9 Å². The third-order valence-electron chi connectivity index (χ3n) is 2.67. The van der Waals surface area contributed by atoms with Crippen molar-refractivity contribution in [2.45, 2.75) is 41.0 Å². The van der Waals surface area contributed by atoms with Crippen molar-refractivity contribution in [3.63, 3.8) is 0 Å². The summed E-state index contributed by atoms with van der Waals surface area (Å²) in [5, 5.41) is 0.613. The van der Waals surface area contributed by atoms with E-state index in [1.165, 1.54) is 0 Å². The Labute approximate surface area is 109 Å². The van der Waals surface area contributed by atoms with Crippen LogP contribution in [0.15, 0.2) is 24.3 Å². The van der Waals surface area contributed by atoms with Crippen LogP contribution in [-0.4, -0.2) is 5.78 Å². The van der Waals surface area contributed by atoms with Crippen molar-refractivity contribution < 1.29 is 4.79 Å². The van der Waals surface area contributed by atoms with Crippen LogP contribution in [-0.2, 0) is 0 Å². The van der Waals surface area contributed by atoms with Crippen molar-refractivity contribution in [2.75, 3.05) is 0 Å². The quantitative estimate of drug-likeness (QED) is 0.693. The number of benzene rings is 1. The average molecular weight is 253 g/mol. The van der Waals surface area contributed by atoms with Crippen LogP contribution in [0.2, 0.25) is 5.02 Å². The second-order valence-electron chi connectivity index (χ2n) is 6.46. The molecular formula is C15H21ClO. The number of hydrogen-bond donors (Lipinski definition) is 0. The normalized spacial score (nSPS) is 12.6. The molecule has 0 fully saturated rings.